The second kappa shape index (κ2) is 10.2. The van der Waals surface area contributed by atoms with Crippen LogP contribution >= 0.6 is 11.3 Å². The zero-order valence-electron chi connectivity index (χ0n) is 19.3. The summed E-state index contributed by atoms with van der Waals surface area (Å²) >= 11 is 1.70. The number of nitrogens with zero attached hydrogens (tertiary/aromatic N) is 4. The Labute approximate surface area is 202 Å². The van der Waals surface area contributed by atoms with Crippen molar-refractivity contribution in [1.82, 2.24) is 0 Å². The zero-order valence-corrected chi connectivity index (χ0v) is 20.1. The summed E-state index contributed by atoms with van der Waals surface area (Å²) in [5.41, 5.74) is 3.38. The van der Waals surface area contributed by atoms with Crippen LogP contribution in [0.4, 0.5) is 0 Å². The lowest BCUT2D eigenvalue weighted by molar-refractivity contribution is -0.149. The van der Waals surface area contributed by atoms with E-state index in [0.29, 0.717) is 19.6 Å². The molecular formula is C25H26N4O4S. The fraction of sp³-hybridized carbons (Fsp3) is 0.320. The van der Waals surface area contributed by atoms with Crippen molar-refractivity contribution in [3.63, 3.8) is 0 Å². The van der Waals surface area contributed by atoms with E-state index in [-0.39, 0.29) is 0 Å². The number of carbonyl (C=O) groups is 1. The number of rotatable bonds is 10. The van der Waals surface area contributed by atoms with Gasteiger partial charge >= 0.3 is 5.97 Å². The third-order valence-corrected chi connectivity index (χ3v) is 6.87. The number of aryl methyl sites for hydroxylation is 1. The zero-order chi connectivity index (χ0) is 24.1. The lowest BCUT2D eigenvalue weighted by atomic mass is 10.0. The van der Waals surface area contributed by atoms with Crippen LogP contribution in [0.3, 0.4) is 0 Å². The molecule has 0 amide bonds. The number of carboxylic acid groups (broad SMARTS) is 1. The third kappa shape index (κ3) is 5.37. The first-order chi connectivity index (χ1) is 16.4. The van der Waals surface area contributed by atoms with Gasteiger partial charge in [0.25, 0.3) is 0 Å². The van der Waals surface area contributed by atoms with Gasteiger partial charge in [-0.15, -0.1) is 21.6 Å². The standard InChI is InChI=1S/C25H26N4O4S/c1-4-32-21(24(30)31)14-17-5-11-20(12-6-17)33-15-23-16(2)13-22(34-23)18-7-9-19(10-8-18)25(3)26-28-29-27-25/h5-13,21H,4,14-15H2,1-3H3,(H,30,31). The summed E-state index contributed by atoms with van der Waals surface area (Å²) in [6.07, 6.45) is -0.520. The normalized spacial score (nSPS) is 14.9. The fourth-order valence-electron chi connectivity index (χ4n) is 3.61. The topological polar surface area (TPSA) is 105 Å². The Morgan fingerprint density at radius 3 is 2.38 bits per heavy atom. The summed E-state index contributed by atoms with van der Waals surface area (Å²) in [6, 6.07) is 17.8. The molecule has 0 bridgehead atoms. The Kier molecular flexibility index (Phi) is 7.14. The van der Waals surface area contributed by atoms with Crippen LogP contribution in [-0.4, -0.2) is 23.8 Å². The van der Waals surface area contributed by atoms with E-state index in [9.17, 15) is 9.90 Å². The molecule has 9 heteroatoms. The van der Waals surface area contributed by atoms with Gasteiger partial charge in [-0.1, -0.05) is 36.4 Å². The lowest BCUT2D eigenvalue weighted by Crippen LogP contribution is -2.26. The van der Waals surface area contributed by atoms with Crippen molar-refractivity contribution in [3.05, 3.63) is 76.2 Å². The Bertz CT molecular complexity index is 1190. The Morgan fingerprint density at radius 1 is 1.09 bits per heavy atom. The molecule has 8 nitrogen and oxygen atoms in total. The van der Waals surface area contributed by atoms with Gasteiger partial charge in [-0.05, 0) is 66.1 Å². The first-order valence-electron chi connectivity index (χ1n) is 11.0. The van der Waals surface area contributed by atoms with Crippen LogP contribution in [0.1, 0.15) is 35.4 Å². The number of hydrogen-bond acceptors (Lipinski definition) is 8. The number of thiophene rings is 1. The fourth-order valence-corrected chi connectivity index (χ4v) is 4.70. The van der Waals surface area contributed by atoms with Crippen molar-refractivity contribution >= 4 is 17.3 Å². The van der Waals surface area contributed by atoms with Gasteiger partial charge in [0, 0.05) is 28.3 Å². The highest BCUT2D eigenvalue weighted by Crippen LogP contribution is 2.36. The molecule has 1 atom stereocenters. The van der Waals surface area contributed by atoms with Crippen LogP contribution in [0, 0.1) is 6.92 Å². The van der Waals surface area contributed by atoms with Gasteiger partial charge in [0.1, 0.15) is 12.4 Å². The summed E-state index contributed by atoms with van der Waals surface area (Å²) in [5, 5.41) is 24.7. The van der Waals surface area contributed by atoms with Gasteiger partial charge < -0.3 is 14.6 Å². The maximum absolute atomic E-state index is 11.3. The van der Waals surface area contributed by atoms with Gasteiger partial charge in [0.15, 0.2) is 6.10 Å². The highest BCUT2D eigenvalue weighted by atomic mass is 32.1. The number of benzene rings is 2. The number of hydrogen-bond donors (Lipinski definition) is 1. The lowest BCUT2D eigenvalue weighted by Gasteiger charge is -2.14. The minimum atomic E-state index is -0.954. The summed E-state index contributed by atoms with van der Waals surface area (Å²) in [5.74, 6) is -0.219. The van der Waals surface area contributed by atoms with Crippen LogP contribution in [-0.2, 0) is 28.2 Å². The summed E-state index contributed by atoms with van der Waals surface area (Å²) < 4.78 is 11.3. The molecule has 176 valence electrons. The van der Waals surface area contributed by atoms with Crippen molar-refractivity contribution in [3.8, 4) is 16.2 Å². The predicted octanol–water partition coefficient (Wildman–Crippen LogP) is 6.34. The molecule has 0 saturated carbocycles. The largest absolute Gasteiger partial charge is 0.488 e. The molecule has 1 N–H and O–H groups in total. The summed E-state index contributed by atoms with van der Waals surface area (Å²) in [7, 11) is 0. The van der Waals surface area contributed by atoms with Gasteiger partial charge in [0.2, 0.25) is 5.66 Å². The number of carboxylic acids is 1. The van der Waals surface area contributed by atoms with Crippen molar-refractivity contribution in [2.45, 2.75) is 45.6 Å². The monoisotopic (exact) mass is 478 g/mol. The van der Waals surface area contributed by atoms with Crippen molar-refractivity contribution < 1.29 is 19.4 Å². The minimum Gasteiger partial charge on any atom is -0.488 e. The molecule has 0 spiro atoms. The molecule has 1 aromatic heterocycles. The minimum absolute atomic E-state index is 0.320. The Morgan fingerprint density at radius 2 is 1.76 bits per heavy atom. The van der Waals surface area contributed by atoms with Crippen LogP contribution in [0.5, 0.6) is 5.75 Å². The van der Waals surface area contributed by atoms with E-state index in [1.165, 1.54) is 5.56 Å². The SMILES string of the molecule is CCOC(Cc1ccc(OCc2sc(-c3ccc(C4(C)N=NN=N4)cc3)cc2C)cc1)C(=O)O. The second-order valence-corrected chi connectivity index (χ2v) is 9.25. The van der Waals surface area contributed by atoms with Gasteiger partial charge in [0.05, 0.1) is 0 Å². The van der Waals surface area contributed by atoms with Crippen molar-refractivity contribution in [2.75, 3.05) is 6.61 Å². The van der Waals surface area contributed by atoms with Crippen LogP contribution < -0.4 is 4.74 Å². The first-order valence-corrected chi connectivity index (χ1v) is 11.8. The van der Waals surface area contributed by atoms with E-state index in [1.807, 2.05) is 43.3 Å². The molecule has 0 fully saturated rings. The average Bonchev–Trinajstić information content (AvgIpc) is 3.44. The molecule has 4 rings (SSSR count). The highest BCUT2D eigenvalue weighted by molar-refractivity contribution is 7.15. The van der Waals surface area contributed by atoms with Crippen LogP contribution in [0.25, 0.3) is 10.4 Å². The van der Waals surface area contributed by atoms with Gasteiger partial charge in [-0.25, -0.2) is 4.79 Å². The number of ether oxygens (including phenoxy) is 2. The number of aliphatic carboxylic acids is 1. The Hall–Kier alpha value is -3.43. The molecule has 34 heavy (non-hydrogen) atoms. The van der Waals surface area contributed by atoms with Crippen LogP contribution in [0.15, 0.2) is 75.3 Å². The predicted molar refractivity (Wildman–Crippen MR) is 129 cm³/mol. The molecule has 0 saturated heterocycles. The van der Waals surface area contributed by atoms with E-state index in [0.717, 1.165) is 32.2 Å². The molecule has 0 radical (unpaired) electrons. The molecule has 0 aliphatic carbocycles. The Balaban J connectivity index is 1.38. The highest BCUT2D eigenvalue weighted by Gasteiger charge is 2.29. The quantitative estimate of drug-likeness (QED) is 0.367. The average molecular weight is 479 g/mol. The van der Waals surface area contributed by atoms with E-state index >= 15 is 0 Å². The van der Waals surface area contributed by atoms with Gasteiger partial charge in [-0.2, -0.15) is 0 Å². The van der Waals surface area contributed by atoms with E-state index in [2.05, 4.69) is 45.8 Å². The molecule has 2 heterocycles. The van der Waals surface area contributed by atoms with Crippen molar-refractivity contribution in [2.24, 2.45) is 20.7 Å². The molecule has 1 aliphatic rings. The maximum Gasteiger partial charge on any atom is 0.333 e. The summed E-state index contributed by atoms with van der Waals surface area (Å²) in [6.45, 7) is 6.57. The van der Waals surface area contributed by atoms with Crippen molar-refractivity contribution in [1.29, 1.82) is 0 Å². The van der Waals surface area contributed by atoms with E-state index < -0.39 is 17.7 Å². The van der Waals surface area contributed by atoms with Gasteiger partial charge in [-0.3, -0.25) is 0 Å². The first kappa shape index (κ1) is 23.7. The smallest absolute Gasteiger partial charge is 0.333 e. The molecule has 1 aliphatic heterocycles. The molecule has 2 aromatic carbocycles. The molecule has 3 aromatic rings. The molecule has 1 unspecified atom stereocenters. The second-order valence-electron chi connectivity index (χ2n) is 8.11. The summed E-state index contributed by atoms with van der Waals surface area (Å²) in [4.78, 5) is 13.6. The molecular weight excluding hydrogens is 452 g/mol. The van der Waals surface area contributed by atoms with E-state index in [4.69, 9.17) is 9.47 Å². The third-order valence-electron chi connectivity index (χ3n) is 5.61. The van der Waals surface area contributed by atoms with Crippen LogP contribution in [0.2, 0.25) is 0 Å². The van der Waals surface area contributed by atoms with E-state index in [1.54, 1.807) is 18.3 Å². The maximum atomic E-state index is 11.3.